The Morgan fingerprint density at radius 2 is 1.86 bits per heavy atom. The molecule has 0 aromatic carbocycles. The van der Waals surface area contributed by atoms with Crippen LogP contribution in [0.2, 0.25) is 0 Å². The summed E-state index contributed by atoms with van der Waals surface area (Å²) in [6, 6.07) is -0.00874. The Morgan fingerprint density at radius 1 is 1.14 bits per heavy atom. The lowest BCUT2D eigenvalue weighted by Gasteiger charge is -2.36. The third-order valence-electron chi connectivity index (χ3n) is 5.20. The van der Waals surface area contributed by atoms with Crippen molar-refractivity contribution in [3.63, 3.8) is 0 Å². The molecule has 2 amide bonds. The fourth-order valence-electron chi connectivity index (χ4n) is 3.66. The van der Waals surface area contributed by atoms with Gasteiger partial charge in [-0.3, -0.25) is 14.0 Å². The van der Waals surface area contributed by atoms with Crippen molar-refractivity contribution in [3.05, 3.63) is 16.0 Å². The molecule has 1 N–H and O–H groups in total. The summed E-state index contributed by atoms with van der Waals surface area (Å²) in [6.07, 6.45) is 2.89. The van der Waals surface area contributed by atoms with Crippen LogP contribution >= 0.6 is 0 Å². The first-order valence-electron chi connectivity index (χ1n) is 10.2. The zero-order valence-electron chi connectivity index (χ0n) is 17.4. The minimum Gasteiger partial charge on any atom is -0.339 e. The fraction of sp³-hybridized carbons (Fsp3) is 0.684. The van der Waals surface area contributed by atoms with E-state index in [0.717, 1.165) is 25.0 Å². The van der Waals surface area contributed by atoms with Crippen LogP contribution in [0.3, 0.4) is 0 Å². The van der Waals surface area contributed by atoms with Crippen molar-refractivity contribution in [2.24, 2.45) is 7.05 Å². The zero-order chi connectivity index (χ0) is 20.3. The van der Waals surface area contributed by atoms with E-state index in [9.17, 15) is 9.59 Å². The van der Waals surface area contributed by atoms with E-state index in [1.807, 2.05) is 18.7 Å². The van der Waals surface area contributed by atoms with Gasteiger partial charge in [-0.1, -0.05) is 20.3 Å². The van der Waals surface area contributed by atoms with Gasteiger partial charge in [0.1, 0.15) is 5.52 Å². The molecule has 0 saturated carbocycles. The number of amides is 2. The molecule has 9 heteroatoms. The van der Waals surface area contributed by atoms with Crippen molar-refractivity contribution in [2.45, 2.75) is 46.6 Å². The van der Waals surface area contributed by atoms with Gasteiger partial charge < -0.3 is 15.1 Å². The van der Waals surface area contributed by atoms with Crippen LogP contribution in [-0.4, -0.2) is 63.0 Å². The molecular weight excluding hydrogens is 358 g/mol. The molecule has 154 valence electrons. The number of rotatable bonds is 6. The highest BCUT2D eigenvalue weighted by Crippen LogP contribution is 2.19. The summed E-state index contributed by atoms with van der Waals surface area (Å²) in [5, 5.41) is 7.34. The molecule has 1 saturated heterocycles. The van der Waals surface area contributed by atoms with E-state index in [1.54, 1.807) is 16.3 Å². The minimum absolute atomic E-state index is 0.00874. The van der Waals surface area contributed by atoms with Gasteiger partial charge in [-0.15, -0.1) is 0 Å². The number of fused-ring (bicyclic) bond motifs is 1. The first-order valence-corrected chi connectivity index (χ1v) is 10.2. The van der Waals surface area contributed by atoms with Crippen molar-refractivity contribution in [2.75, 3.05) is 37.6 Å². The molecular formula is C19H31N7O2. The lowest BCUT2D eigenvalue weighted by atomic mass is 10.3. The van der Waals surface area contributed by atoms with E-state index in [1.165, 1.54) is 0 Å². The average molecular weight is 390 g/mol. The number of hydrogen-bond acceptors (Lipinski definition) is 5. The average Bonchev–Trinajstić information content (AvgIpc) is 2.98. The Labute approximate surface area is 165 Å². The van der Waals surface area contributed by atoms with Crippen molar-refractivity contribution in [3.8, 4) is 0 Å². The second kappa shape index (κ2) is 8.62. The van der Waals surface area contributed by atoms with Gasteiger partial charge in [0, 0.05) is 46.3 Å². The summed E-state index contributed by atoms with van der Waals surface area (Å²) >= 11 is 0. The van der Waals surface area contributed by atoms with Crippen LogP contribution in [0.4, 0.5) is 10.7 Å². The SMILES string of the molecule is CCCCNC(=O)N1CCN(c2nc3c(C)nn(C)c3c(=O)n2CCC)CC1. The summed E-state index contributed by atoms with van der Waals surface area (Å²) in [4.78, 5) is 34.1. The Kier molecular flexibility index (Phi) is 6.21. The summed E-state index contributed by atoms with van der Waals surface area (Å²) in [7, 11) is 1.78. The van der Waals surface area contributed by atoms with E-state index < -0.39 is 0 Å². The first kappa shape index (κ1) is 20.2. The van der Waals surface area contributed by atoms with Crippen molar-refractivity contribution in [1.82, 2.24) is 29.5 Å². The monoisotopic (exact) mass is 389 g/mol. The van der Waals surface area contributed by atoms with Crippen LogP contribution in [-0.2, 0) is 13.6 Å². The number of nitrogens with zero attached hydrogens (tertiary/aromatic N) is 6. The third kappa shape index (κ3) is 3.83. The fourth-order valence-corrected chi connectivity index (χ4v) is 3.66. The maximum absolute atomic E-state index is 13.1. The summed E-state index contributed by atoms with van der Waals surface area (Å²) < 4.78 is 3.37. The summed E-state index contributed by atoms with van der Waals surface area (Å²) in [6.45, 7) is 9.89. The van der Waals surface area contributed by atoms with Crippen LogP contribution in [0.25, 0.3) is 11.0 Å². The highest BCUT2D eigenvalue weighted by Gasteiger charge is 2.25. The van der Waals surface area contributed by atoms with Crippen LogP contribution in [0.1, 0.15) is 38.8 Å². The largest absolute Gasteiger partial charge is 0.339 e. The highest BCUT2D eigenvalue weighted by atomic mass is 16.2. The number of unbranched alkanes of at least 4 members (excludes halogenated alkanes) is 1. The quantitative estimate of drug-likeness (QED) is 0.756. The number of anilines is 1. The van der Waals surface area contributed by atoms with E-state index in [0.29, 0.717) is 56.3 Å². The predicted molar refractivity (Wildman–Crippen MR) is 110 cm³/mol. The van der Waals surface area contributed by atoms with Gasteiger partial charge in [-0.25, -0.2) is 9.78 Å². The molecule has 1 aliphatic rings. The molecule has 9 nitrogen and oxygen atoms in total. The summed E-state index contributed by atoms with van der Waals surface area (Å²) in [5.41, 5.74) is 1.91. The lowest BCUT2D eigenvalue weighted by molar-refractivity contribution is 0.194. The third-order valence-corrected chi connectivity index (χ3v) is 5.20. The molecule has 2 aromatic heterocycles. The highest BCUT2D eigenvalue weighted by molar-refractivity contribution is 5.78. The Hall–Kier alpha value is -2.58. The van der Waals surface area contributed by atoms with Crippen LogP contribution in [0, 0.1) is 6.92 Å². The Bertz CT molecular complexity index is 894. The van der Waals surface area contributed by atoms with E-state index in [4.69, 9.17) is 4.98 Å². The van der Waals surface area contributed by atoms with E-state index in [2.05, 4.69) is 22.2 Å². The van der Waals surface area contributed by atoms with Gasteiger partial charge in [0.15, 0.2) is 5.52 Å². The molecule has 3 heterocycles. The van der Waals surface area contributed by atoms with Crippen molar-refractivity contribution in [1.29, 1.82) is 0 Å². The van der Waals surface area contributed by atoms with E-state index in [-0.39, 0.29) is 11.6 Å². The van der Waals surface area contributed by atoms with Gasteiger partial charge in [-0.2, -0.15) is 5.10 Å². The maximum Gasteiger partial charge on any atom is 0.317 e. The van der Waals surface area contributed by atoms with Gasteiger partial charge in [-0.05, 0) is 19.8 Å². The number of nitrogens with one attached hydrogen (secondary N) is 1. The lowest BCUT2D eigenvalue weighted by Crippen LogP contribution is -2.53. The van der Waals surface area contributed by atoms with Gasteiger partial charge in [0.25, 0.3) is 5.56 Å². The minimum atomic E-state index is -0.0512. The number of aromatic nitrogens is 4. The van der Waals surface area contributed by atoms with Crippen LogP contribution < -0.4 is 15.8 Å². The molecule has 0 bridgehead atoms. The Balaban J connectivity index is 1.82. The number of hydrogen-bond donors (Lipinski definition) is 1. The second-order valence-electron chi connectivity index (χ2n) is 7.33. The van der Waals surface area contributed by atoms with Crippen LogP contribution in [0.15, 0.2) is 4.79 Å². The normalized spacial score (nSPS) is 14.7. The molecule has 2 aromatic rings. The zero-order valence-corrected chi connectivity index (χ0v) is 17.4. The first-order chi connectivity index (χ1) is 13.5. The number of urea groups is 1. The molecule has 0 spiro atoms. The molecule has 1 fully saturated rings. The molecule has 0 radical (unpaired) electrons. The predicted octanol–water partition coefficient (Wildman–Crippen LogP) is 1.48. The van der Waals surface area contributed by atoms with Crippen molar-refractivity contribution >= 4 is 23.0 Å². The van der Waals surface area contributed by atoms with Gasteiger partial charge in [0.05, 0.1) is 5.69 Å². The number of carbonyl (C=O) groups is 1. The topological polar surface area (TPSA) is 88.3 Å². The number of piperazine rings is 1. The molecule has 3 rings (SSSR count). The van der Waals surface area contributed by atoms with Crippen molar-refractivity contribution < 1.29 is 4.79 Å². The molecule has 0 unspecified atom stereocenters. The number of carbonyl (C=O) groups excluding carboxylic acids is 1. The van der Waals surface area contributed by atoms with Gasteiger partial charge >= 0.3 is 6.03 Å². The summed E-state index contributed by atoms with van der Waals surface area (Å²) in [5.74, 6) is 0.682. The maximum atomic E-state index is 13.1. The number of aryl methyl sites for hydroxylation is 2. The van der Waals surface area contributed by atoms with Gasteiger partial charge in [0.2, 0.25) is 5.95 Å². The second-order valence-corrected chi connectivity index (χ2v) is 7.33. The standard InChI is InChI=1S/C19H31N7O2/c1-5-7-8-20-19(28)25-12-10-24(11-13-25)18-21-15-14(3)22-23(4)16(15)17(27)26(18)9-6-2/h5-13H2,1-4H3,(H,20,28). The molecule has 1 aliphatic heterocycles. The van der Waals surface area contributed by atoms with E-state index >= 15 is 0 Å². The molecule has 28 heavy (non-hydrogen) atoms. The molecule has 0 aliphatic carbocycles. The molecule has 0 atom stereocenters. The Morgan fingerprint density at radius 3 is 2.50 bits per heavy atom. The van der Waals surface area contributed by atoms with Crippen LogP contribution in [0.5, 0.6) is 0 Å². The smallest absolute Gasteiger partial charge is 0.317 e.